The van der Waals surface area contributed by atoms with Crippen molar-refractivity contribution in [3.63, 3.8) is 0 Å². The largest absolute Gasteiger partial charge is 0.493 e. The van der Waals surface area contributed by atoms with Gasteiger partial charge in [0, 0.05) is 11.0 Å². The lowest BCUT2D eigenvalue weighted by Gasteiger charge is -2.29. The minimum absolute atomic E-state index is 0.141. The Morgan fingerprint density at radius 1 is 1.09 bits per heavy atom. The molecular weight excluding hydrogens is 478 g/mol. The van der Waals surface area contributed by atoms with Crippen molar-refractivity contribution >= 4 is 27.5 Å². The zero-order valence-electron chi connectivity index (χ0n) is 17.7. The zero-order valence-corrected chi connectivity index (χ0v) is 19.3. The van der Waals surface area contributed by atoms with Gasteiger partial charge in [0.1, 0.15) is 5.69 Å². The van der Waals surface area contributed by atoms with E-state index in [-0.39, 0.29) is 23.8 Å². The van der Waals surface area contributed by atoms with E-state index in [4.69, 9.17) is 14.2 Å². The van der Waals surface area contributed by atoms with Crippen LogP contribution >= 0.6 is 15.9 Å². The first-order chi connectivity index (χ1) is 15.5. The Hall–Kier alpha value is -3.33. The van der Waals surface area contributed by atoms with Gasteiger partial charge in [0.25, 0.3) is 5.91 Å². The highest BCUT2D eigenvalue weighted by Gasteiger charge is 2.29. The number of hydrogen-bond acceptors (Lipinski definition) is 6. The fraction of sp³-hybridized carbons (Fsp3) is 0.261. The molecule has 2 aromatic carbocycles. The van der Waals surface area contributed by atoms with Gasteiger partial charge in [-0.05, 0) is 29.7 Å². The number of carbonyl (C=O) groups excluding carboxylic acids is 1. The highest BCUT2D eigenvalue weighted by Crippen LogP contribution is 2.34. The average molecular weight is 500 g/mol. The van der Waals surface area contributed by atoms with Crippen LogP contribution in [0.3, 0.4) is 0 Å². The van der Waals surface area contributed by atoms with Gasteiger partial charge in [-0.1, -0.05) is 46.3 Å². The molecule has 2 heterocycles. The first-order valence-electron chi connectivity index (χ1n) is 9.99. The molecule has 0 saturated heterocycles. The second-order valence-electron chi connectivity index (χ2n) is 7.19. The number of nitrogens with zero attached hydrogens (tertiary/aromatic N) is 3. The first-order valence-corrected chi connectivity index (χ1v) is 10.8. The predicted octanol–water partition coefficient (Wildman–Crippen LogP) is 3.04. The summed E-state index contributed by atoms with van der Waals surface area (Å²) in [7, 11) is 3.15. The second-order valence-corrected chi connectivity index (χ2v) is 8.04. The Balaban J connectivity index is 1.59. The SMILES string of the molecule is COc1cc(Br)c(CCN2C(=O)COc3c2cnn(Cc2ccccc2)c3=O)cc1OC. The highest BCUT2D eigenvalue weighted by molar-refractivity contribution is 9.10. The molecule has 32 heavy (non-hydrogen) atoms. The molecule has 1 aliphatic heterocycles. The van der Waals surface area contributed by atoms with E-state index in [9.17, 15) is 9.59 Å². The Morgan fingerprint density at radius 3 is 2.53 bits per heavy atom. The maximum Gasteiger partial charge on any atom is 0.311 e. The van der Waals surface area contributed by atoms with Crippen molar-refractivity contribution in [1.82, 2.24) is 9.78 Å². The molecule has 8 nitrogen and oxygen atoms in total. The number of benzene rings is 2. The van der Waals surface area contributed by atoms with E-state index in [1.165, 1.54) is 10.9 Å². The van der Waals surface area contributed by atoms with E-state index in [0.717, 1.165) is 15.6 Å². The number of halogens is 1. The van der Waals surface area contributed by atoms with Gasteiger partial charge in [0.05, 0.1) is 27.0 Å². The van der Waals surface area contributed by atoms with E-state index in [1.54, 1.807) is 19.1 Å². The normalized spacial score (nSPS) is 12.8. The molecule has 9 heteroatoms. The molecule has 0 saturated carbocycles. The topological polar surface area (TPSA) is 82.9 Å². The molecule has 0 aliphatic carbocycles. The van der Waals surface area contributed by atoms with Crippen LogP contribution in [0.1, 0.15) is 11.1 Å². The molecule has 3 aromatic rings. The quantitative estimate of drug-likeness (QED) is 0.496. The van der Waals surface area contributed by atoms with Crippen LogP contribution in [0.5, 0.6) is 17.2 Å². The fourth-order valence-electron chi connectivity index (χ4n) is 3.57. The molecule has 4 rings (SSSR count). The molecule has 0 atom stereocenters. The number of rotatable bonds is 7. The van der Waals surface area contributed by atoms with Crippen molar-refractivity contribution in [3.05, 3.63) is 74.6 Å². The van der Waals surface area contributed by atoms with Gasteiger partial charge in [-0.25, -0.2) is 4.68 Å². The van der Waals surface area contributed by atoms with Crippen molar-refractivity contribution in [3.8, 4) is 17.2 Å². The summed E-state index contributed by atoms with van der Waals surface area (Å²) in [6.45, 7) is 0.487. The van der Waals surface area contributed by atoms with E-state index in [0.29, 0.717) is 36.7 Å². The number of ether oxygens (including phenoxy) is 3. The van der Waals surface area contributed by atoms with Crippen molar-refractivity contribution < 1.29 is 19.0 Å². The molecule has 1 amide bonds. The minimum atomic E-state index is -0.365. The molecule has 0 spiro atoms. The molecule has 0 fully saturated rings. The molecule has 0 N–H and O–H groups in total. The summed E-state index contributed by atoms with van der Waals surface area (Å²) < 4.78 is 18.4. The minimum Gasteiger partial charge on any atom is -0.493 e. The van der Waals surface area contributed by atoms with Gasteiger partial charge in [-0.2, -0.15) is 5.10 Å². The lowest BCUT2D eigenvalue weighted by Crippen LogP contribution is -2.43. The van der Waals surface area contributed by atoms with Crippen LogP contribution in [0, 0.1) is 0 Å². The van der Waals surface area contributed by atoms with E-state index < -0.39 is 0 Å². The van der Waals surface area contributed by atoms with Crippen LogP contribution in [0.15, 0.2) is 57.9 Å². The van der Waals surface area contributed by atoms with Crippen LogP contribution in [0.25, 0.3) is 0 Å². The number of aromatic nitrogens is 2. The van der Waals surface area contributed by atoms with Gasteiger partial charge in [-0.15, -0.1) is 0 Å². The van der Waals surface area contributed by atoms with Crippen LogP contribution in [0.2, 0.25) is 0 Å². The van der Waals surface area contributed by atoms with Crippen LogP contribution in [-0.4, -0.2) is 43.1 Å². The smallest absolute Gasteiger partial charge is 0.311 e. The van der Waals surface area contributed by atoms with Crippen LogP contribution in [-0.2, 0) is 17.8 Å². The molecule has 1 aromatic heterocycles. The van der Waals surface area contributed by atoms with E-state index in [1.807, 2.05) is 42.5 Å². The Labute approximate surface area is 193 Å². The monoisotopic (exact) mass is 499 g/mol. The van der Waals surface area contributed by atoms with Gasteiger partial charge in [0.15, 0.2) is 18.1 Å². The molecule has 166 valence electrons. The van der Waals surface area contributed by atoms with Crippen LogP contribution in [0.4, 0.5) is 5.69 Å². The van der Waals surface area contributed by atoms with Gasteiger partial charge >= 0.3 is 5.56 Å². The highest BCUT2D eigenvalue weighted by atomic mass is 79.9. The first kappa shape index (κ1) is 21.9. The fourth-order valence-corrected chi connectivity index (χ4v) is 4.09. The predicted molar refractivity (Wildman–Crippen MR) is 123 cm³/mol. The molecule has 1 aliphatic rings. The summed E-state index contributed by atoms with van der Waals surface area (Å²) in [5.74, 6) is 1.13. The van der Waals surface area contributed by atoms with E-state index in [2.05, 4.69) is 21.0 Å². The van der Waals surface area contributed by atoms with Gasteiger partial charge in [0.2, 0.25) is 5.75 Å². The number of amides is 1. The van der Waals surface area contributed by atoms with E-state index >= 15 is 0 Å². The third-order valence-electron chi connectivity index (χ3n) is 5.25. The number of methoxy groups -OCH3 is 2. The van der Waals surface area contributed by atoms with Crippen molar-refractivity contribution in [2.45, 2.75) is 13.0 Å². The Bertz CT molecular complexity index is 1200. The van der Waals surface area contributed by atoms with Gasteiger partial charge < -0.3 is 19.1 Å². The summed E-state index contributed by atoms with van der Waals surface area (Å²) in [5.41, 5.74) is 1.90. The second kappa shape index (κ2) is 9.44. The average Bonchev–Trinajstić information content (AvgIpc) is 2.81. The third-order valence-corrected chi connectivity index (χ3v) is 5.98. The Kier molecular flexibility index (Phi) is 6.45. The summed E-state index contributed by atoms with van der Waals surface area (Å²) in [6.07, 6.45) is 2.04. The summed E-state index contributed by atoms with van der Waals surface area (Å²) >= 11 is 3.55. The maximum absolute atomic E-state index is 13.0. The number of fused-ring (bicyclic) bond motifs is 1. The van der Waals surface area contributed by atoms with Gasteiger partial charge in [-0.3, -0.25) is 9.59 Å². The summed E-state index contributed by atoms with van der Waals surface area (Å²) in [4.78, 5) is 27.1. The van der Waals surface area contributed by atoms with Crippen LogP contribution < -0.4 is 24.7 Å². The third kappa shape index (κ3) is 4.34. The Morgan fingerprint density at radius 2 is 1.81 bits per heavy atom. The summed E-state index contributed by atoms with van der Waals surface area (Å²) in [5, 5.41) is 4.28. The van der Waals surface area contributed by atoms with Crippen molar-refractivity contribution in [2.75, 3.05) is 32.3 Å². The zero-order chi connectivity index (χ0) is 22.7. The molecule has 0 radical (unpaired) electrons. The standard InChI is InChI=1S/C23H22BrN3O5/c1-30-19-10-16(17(24)11-20(19)31-2)8-9-26-18-12-25-27(13-15-6-4-3-5-7-15)23(29)22(18)32-14-21(26)28/h3-7,10-12H,8-9,13-14H2,1-2H3. The number of hydrogen-bond donors (Lipinski definition) is 0. The molecular formula is C23H22BrN3O5. The lowest BCUT2D eigenvalue weighted by molar-refractivity contribution is -0.121. The molecule has 0 unspecified atom stereocenters. The summed E-state index contributed by atoms with van der Waals surface area (Å²) in [6, 6.07) is 13.3. The number of anilines is 1. The van der Waals surface area contributed by atoms with Crippen molar-refractivity contribution in [2.24, 2.45) is 0 Å². The maximum atomic E-state index is 13.0. The number of carbonyl (C=O) groups is 1. The lowest BCUT2D eigenvalue weighted by atomic mass is 10.1. The van der Waals surface area contributed by atoms with Crippen molar-refractivity contribution in [1.29, 1.82) is 0 Å². The molecule has 0 bridgehead atoms.